The first-order chi connectivity index (χ1) is 14.2. The molecule has 0 bridgehead atoms. The van der Waals surface area contributed by atoms with Gasteiger partial charge >= 0.3 is 29.6 Å². The normalized spacial score (nSPS) is 13.4. The molecule has 9 heteroatoms. The van der Waals surface area contributed by atoms with Crippen LogP contribution in [0.5, 0.6) is 0 Å². The number of aromatic nitrogens is 5. The van der Waals surface area contributed by atoms with Crippen LogP contribution in [0.1, 0.15) is 31.4 Å². The van der Waals surface area contributed by atoms with E-state index < -0.39 is 0 Å². The van der Waals surface area contributed by atoms with Gasteiger partial charge in [0.25, 0.3) is 5.56 Å². The monoisotopic (exact) mass is 428 g/mol. The molecular formula is C21H21N6NaOS. The molecule has 4 aromatic rings. The van der Waals surface area contributed by atoms with Gasteiger partial charge in [-0.1, -0.05) is 12.8 Å². The SMILES string of the molecule is Cc1cn[c-]nn1.O=c1c2sccc2ccn1-c1ccc(NC2CCCC2)nc1.[Na+]. The Labute approximate surface area is 200 Å². The summed E-state index contributed by atoms with van der Waals surface area (Å²) in [4.78, 5) is 20.5. The quantitative estimate of drug-likeness (QED) is 0.384. The topological polar surface area (TPSA) is 85.6 Å². The number of thiophene rings is 1. The van der Waals surface area contributed by atoms with Crippen molar-refractivity contribution in [1.82, 2.24) is 24.7 Å². The first-order valence-electron chi connectivity index (χ1n) is 9.55. The molecule has 30 heavy (non-hydrogen) atoms. The van der Waals surface area contributed by atoms with Crippen molar-refractivity contribution in [3.63, 3.8) is 0 Å². The summed E-state index contributed by atoms with van der Waals surface area (Å²) >= 11 is 1.48. The fourth-order valence-corrected chi connectivity index (χ4v) is 4.15. The Morgan fingerprint density at radius 2 is 2.00 bits per heavy atom. The number of nitrogens with zero attached hydrogens (tertiary/aromatic N) is 5. The molecule has 1 aliphatic carbocycles. The summed E-state index contributed by atoms with van der Waals surface area (Å²) in [6.45, 7) is 1.83. The van der Waals surface area contributed by atoms with E-state index in [-0.39, 0.29) is 35.1 Å². The van der Waals surface area contributed by atoms with Crippen molar-refractivity contribution in [1.29, 1.82) is 0 Å². The minimum atomic E-state index is 0. The molecule has 148 valence electrons. The first-order valence-corrected chi connectivity index (χ1v) is 10.4. The van der Waals surface area contributed by atoms with E-state index in [1.165, 1.54) is 37.0 Å². The second-order valence-electron chi connectivity index (χ2n) is 6.92. The molecule has 0 radical (unpaired) electrons. The molecule has 7 nitrogen and oxygen atoms in total. The fourth-order valence-electron chi connectivity index (χ4n) is 3.33. The molecule has 4 aromatic heterocycles. The van der Waals surface area contributed by atoms with E-state index in [1.807, 2.05) is 42.8 Å². The van der Waals surface area contributed by atoms with E-state index in [4.69, 9.17) is 0 Å². The summed E-state index contributed by atoms with van der Waals surface area (Å²) in [5.74, 6) is 0.890. The minimum absolute atomic E-state index is 0. The van der Waals surface area contributed by atoms with E-state index in [0.717, 1.165) is 27.3 Å². The molecule has 1 aliphatic rings. The van der Waals surface area contributed by atoms with Crippen LogP contribution < -0.4 is 40.4 Å². The van der Waals surface area contributed by atoms with Crippen LogP contribution in [0.3, 0.4) is 0 Å². The van der Waals surface area contributed by atoms with Crippen LogP contribution in [0.2, 0.25) is 0 Å². The van der Waals surface area contributed by atoms with Crippen molar-refractivity contribution in [2.24, 2.45) is 0 Å². The van der Waals surface area contributed by atoms with Crippen molar-refractivity contribution in [2.45, 2.75) is 38.6 Å². The van der Waals surface area contributed by atoms with E-state index in [0.29, 0.717) is 6.04 Å². The van der Waals surface area contributed by atoms with Gasteiger partial charge in [-0.3, -0.25) is 9.36 Å². The van der Waals surface area contributed by atoms with Gasteiger partial charge in [-0.05, 0) is 66.8 Å². The maximum absolute atomic E-state index is 12.5. The second-order valence-corrected chi connectivity index (χ2v) is 7.84. The number of anilines is 1. The average molecular weight is 428 g/mol. The standard InChI is InChI=1S/C17H17N3OS.C4H4N3.Na/c21-17-16-12(8-10-22-16)7-9-20(17)14-5-6-15(18-11-14)19-13-3-1-2-4-13;1-4-2-5-3-6-7-4;/h5-11,13H,1-4H2,(H,18,19);2H,1H3;/q;-1;+1. The predicted octanol–water partition coefficient (Wildman–Crippen LogP) is 0.786. The Hall–Kier alpha value is -2.13. The molecule has 1 N–H and O–H groups in total. The van der Waals surface area contributed by atoms with Crippen molar-refractivity contribution in [2.75, 3.05) is 5.32 Å². The Kier molecular flexibility index (Phi) is 8.09. The molecule has 0 atom stereocenters. The fraction of sp³-hybridized carbons (Fsp3) is 0.286. The Morgan fingerprint density at radius 3 is 2.63 bits per heavy atom. The Morgan fingerprint density at radius 1 is 1.17 bits per heavy atom. The summed E-state index contributed by atoms with van der Waals surface area (Å²) in [5, 5.41) is 13.4. The Bertz CT molecular complexity index is 1120. The zero-order valence-electron chi connectivity index (χ0n) is 17.1. The van der Waals surface area contributed by atoms with Crippen LogP contribution in [0, 0.1) is 13.3 Å². The average Bonchev–Trinajstić information content (AvgIpc) is 3.42. The van der Waals surface area contributed by atoms with Crippen LogP contribution in [-0.2, 0) is 0 Å². The summed E-state index contributed by atoms with van der Waals surface area (Å²) in [6, 6.07) is 8.39. The summed E-state index contributed by atoms with van der Waals surface area (Å²) in [5.41, 5.74) is 1.64. The molecule has 0 aliphatic heterocycles. The van der Waals surface area contributed by atoms with Gasteiger partial charge in [-0.2, -0.15) is 5.10 Å². The molecule has 0 saturated heterocycles. The van der Waals surface area contributed by atoms with Crippen LogP contribution in [-0.4, -0.2) is 30.8 Å². The third kappa shape index (κ3) is 5.51. The maximum atomic E-state index is 12.5. The molecule has 0 spiro atoms. The van der Waals surface area contributed by atoms with E-state index in [1.54, 1.807) is 17.0 Å². The van der Waals surface area contributed by atoms with Crippen LogP contribution in [0.25, 0.3) is 15.8 Å². The molecule has 1 saturated carbocycles. The number of fused-ring (bicyclic) bond motifs is 1. The van der Waals surface area contributed by atoms with Crippen LogP contribution in [0.15, 0.2) is 53.0 Å². The van der Waals surface area contributed by atoms with Gasteiger partial charge in [-0.15, -0.1) is 17.5 Å². The van der Waals surface area contributed by atoms with Gasteiger partial charge in [0.05, 0.1) is 11.9 Å². The zero-order valence-corrected chi connectivity index (χ0v) is 19.9. The van der Waals surface area contributed by atoms with E-state index >= 15 is 0 Å². The summed E-state index contributed by atoms with van der Waals surface area (Å²) in [6.07, 6.45) is 12.5. The molecular weight excluding hydrogens is 407 g/mol. The first kappa shape index (κ1) is 22.6. The molecule has 0 aromatic carbocycles. The van der Waals surface area contributed by atoms with Gasteiger partial charge < -0.3 is 10.3 Å². The third-order valence-corrected chi connectivity index (χ3v) is 5.72. The maximum Gasteiger partial charge on any atom is 1.00 e. The van der Waals surface area contributed by atoms with E-state index in [9.17, 15) is 4.79 Å². The van der Waals surface area contributed by atoms with Crippen molar-refractivity contribution in [3.8, 4) is 5.69 Å². The van der Waals surface area contributed by atoms with Gasteiger partial charge in [0.15, 0.2) is 0 Å². The van der Waals surface area contributed by atoms with Crippen LogP contribution in [0.4, 0.5) is 5.82 Å². The summed E-state index contributed by atoms with van der Waals surface area (Å²) in [7, 11) is 0. The largest absolute Gasteiger partial charge is 1.00 e. The molecule has 0 unspecified atom stereocenters. The van der Waals surface area contributed by atoms with Crippen molar-refractivity contribution >= 4 is 27.2 Å². The number of pyridine rings is 2. The number of hydrogen-bond donors (Lipinski definition) is 1. The zero-order chi connectivity index (χ0) is 20.1. The Balaban J connectivity index is 0.000000274. The van der Waals surface area contributed by atoms with Crippen molar-refractivity contribution < 1.29 is 29.6 Å². The number of rotatable bonds is 3. The molecule has 0 amide bonds. The minimum Gasteiger partial charge on any atom is -0.436 e. The number of hydrogen-bond acceptors (Lipinski definition) is 7. The number of nitrogens with one attached hydrogen (secondary N) is 1. The van der Waals surface area contributed by atoms with Gasteiger partial charge in [0.1, 0.15) is 10.5 Å². The third-order valence-electron chi connectivity index (χ3n) is 4.81. The molecule has 5 rings (SSSR count). The van der Waals surface area contributed by atoms with E-state index in [2.05, 4.69) is 31.8 Å². The second kappa shape index (κ2) is 10.8. The number of aryl methyl sites for hydroxylation is 1. The smallest absolute Gasteiger partial charge is 0.436 e. The summed E-state index contributed by atoms with van der Waals surface area (Å²) < 4.78 is 2.45. The molecule has 1 fully saturated rings. The van der Waals surface area contributed by atoms with Gasteiger partial charge in [-0.25, -0.2) is 10.1 Å². The van der Waals surface area contributed by atoms with Crippen molar-refractivity contribution in [3.05, 3.63) is 70.6 Å². The van der Waals surface area contributed by atoms with Gasteiger partial charge in [0.2, 0.25) is 0 Å². The van der Waals surface area contributed by atoms with Crippen LogP contribution >= 0.6 is 11.3 Å². The van der Waals surface area contributed by atoms with Gasteiger partial charge in [0, 0.05) is 12.2 Å². The predicted molar refractivity (Wildman–Crippen MR) is 114 cm³/mol. The molecule has 4 heterocycles.